The molecule has 0 unspecified atom stereocenters. The summed E-state index contributed by atoms with van der Waals surface area (Å²) in [6, 6.07) is 13.6. The first kappa shape index (κ1) is 19.3. The average Bonchev–Trinajstić information content (AvgIpc) is 3.01. The lowest BCUT2D eigenvalue weighted by Crippen LogP contribution is -2.23. The summed E-state index contributed by atoms with van der Waals surface area (Å²) >= 11 is 0.980. The van der Waals surface area contributed by atoms with Crippen molar-refractivity contribution >= 4 is 17.2 Å². The van der Waals surface area contributed by atoms with Crippen molar-refractivity contribution in [2.24, 2.45) is 0 Å². The molecular formula is C22H22N2O4S. The van der Waals surface area contributed by atoms with Crippen LogP contribution in [0.1, 0.15) is 32.1 Å². The molecule has 0 spiro atoms. The Bertz CT molecular complexity index is 1100. The highest BCUT2D eigenvalue weighted by molar-refractivity contribution is 7.11. The van der Waals surface area contributed by atoms with Crippen LogP contribution in [0.4, 0.5) is 0 Å². The lowest BCUT2D eigenvalue weighted by molar-refractivity contribution is 0.0953. The van der Waals surface area contributed by atoms with Crippen LogP contribution in [-0.2, 0) is 13.1 Å². The summed E-state index contributed by atoms with van der Waals surface area (Å²) in [5, 5.41) is 2.90. The molecule has 6 nitrogen and oxygen atoms in total. The minimum Gasteiger partial charge on any atom is -0.486 e. The predicted octanol–water partition coefficient (Wildman–Crippen LogP) is 3.28. The minimum atomic E-state index is -0.248. The van der Waals surface area contributed by atoms with E-state index >= 15 is 0 Å². The number of hydrogen-bond acceptors (Lipinski definition) is 5. The fourth-order valence-corrected chi connectivity index (χ4v) is 4.12. The Morgan fingerprint density at radius 3 is 2.48 bits per heavy atom. The number of ether oxygens (including phenoxy) is 2. The van der Waals surface area contributed by atoms with E-state index in [9.17, 15) is 9.59 Å². The molecule has 29 heavy (non-hydrogen) atoms. The zero-order valence-electron chi connectivity index (χ0n) is 16.4. The van der Waals surface area contributed by atoms with Gasteiger partial charge in [0.25, 0.3) is 5.91 Å². The van der Waals surface area contributed by atoms with Crippen molar-refractivity contribution in [2.75, 3.05) is 13.2 Å². The molecule has 4 rings (SSSR count). The van der Waals surface area contributed by atoms with Gasteiger partial charge in [-0.25, -0.2) is 0 Å². The molecule has 3 aromatic rings. The van der Waals surface area contributed by atoms with Crippen molar-refractivity contribution in [3.8, 4) is 11.5 Å². The molecule has 1 aromatic heterocycles. The normalized spacial score (nSPS) is 12.6. The number of fused-ring (bicyclic) bond motifs is 1. The lowest BCUT2D eigenvalue weighted by atomic mass is 10.1. The highest BCUT2D eigenvalue weighted by Crippen LogP contribution is 2.30. The van der Waals surface area contributed by atoms with Gasteiger partial charge in [-0.05, 0) is 37.1 Å². The van der Waals surface area contributed by atoms with Gasteiger partial charge < -0.3 is 14.8 Å². The van der Waals surface area contributed by atoms with Gasteiger partial charge in [-0.1, -0.05) is 47.2 Å². The van der Waals surface area contributed by atoms with Gasteiger partial charge in [-0.3, -0.25) is 14.2 Å². The van der Waals surface area contributed by atoms with Crippen molar-refractivity contribution in [3.05, 3.63) is 79.4 Å². The van der Waals surface area contributed by atoms with Crippen LogP contribution in [0.15, 0.2) is 47.3 Å². The van der Waals surface area contributed by atoms with E-state index in [0.29, 0.717) is 48.4 Å². The fraction of sp³-hybridized carbons (Fsp3) is 0.273. The molecular weight excluding hydrogens is 388 g/mol. The van der Waals surface area contributed by atoms with E-state index in [0.717, 1.165) is 22.5 Å². The van der Waals surface area contributed by atoms with E-state index in [2.05, 4.69) is 5.32 Å². The van der Waals surface area contributed by atoms with E-state index in [-0.39, 0.29) is 10.8 Å². The Morgan fingerprint density at radius 1 is 1.03 bits per heavy atom. The molecule has 0 atom stereocenters. The number of hydrogen-bond donors (Lipinski definition) is 1. The number of amides is 1. The van der Waals surface area contributed by atoms with Crippen LogP contribution >= 0.6 is 11.3 Å². The van der Waals surface area contributed by atoms with Crippen molar-refractivity contribution in [2.45, 2.75) is 26.9 Å². The number of nitrogens with one attached hydrogen (secondary N) is 1. The molecule has 0 aliphatic carbocycles. The third-order valence-corrected chi connectivity index (χ3v) is 5.95. The second-order valence-corrected chi connectivity index (χ2v) is 7.98. The van der Waals surface area contributed by atoms with Crippen LogP contribution in [0.5, 0.6) is 11.5 Å². The average molecular weight is 410 g/mol. The Kier molecular flexibility index (Phi) is 5.40. The molecule has 150 valence electrons. The maximum Gasteiger partial charge on any atom is 0.308 e. The Hall–Kier alpha value is -3.06. The summed E-state index contributed by atoms with van der Waals surface area (Å²) in [6.07, 6.45) is 0. The van der Waals surface area contributed by atoms with Gasteiger partial charge in [-0.2, -0.15) is 0 Å². The summed E-state index contributed by atoms with van der Waals surface area (Å²) in [5.41, 5.74) is 3.79. The predicted molar refractivity (Wildman–Crippen MR) is 112 cm³/mol. The standard InChI is InChI=1S/C22H22N2O4S/c1-14-3-5-16(6-4-14)13-24-15(2)20(29-22(24)26)21(25)23-12-17-7-8-18-19(11-17)28-10-9-27-18/h3-8,11H,9-10,12-13H2,1-2H3,(H,23,25). The molecule has 0 fully saturated rings. The van der Waals surface area contributed by atoms with Crippen LogP contribution in [0.3, 0.4) is 0 Å². The lowest BCUT2D eigenvalue weighted by Gasteiger charge is -2.18. The van der Waals surface area contributed by atoms with Gasteiger partial charge in [0.2, 0.25) is 0 Å². The second-order valence-electron chi connectivity index (χ2n) is 7.01. The first-order valence-electron chi connectivity index (χ1n) is 9.44. The van der Waals surface area contributed by atoms with E-state index in [1.165, 1.54) is 5.56 Å². The van der Waals surface area contributed by atoms with Gasteiger partial charge in [0, 0.05) is 12.2 Å². The number of benzene rings is 2. The summed E-state index contributed by atoms with van der Waals surface area (Å²) in [5.74, 6) is 1.16. The van der Waals surface area contributed by atoms with Crippen molar-refractivity contribution in [3.63, 3.8) is 0 Å². The zero-order valence-corrected chi connectivity index (χ0v) is 17.2. The Balaban J connectivity index is 1.46. The first-order chi connectivity index (χ1) is 14.0. The molecule has 0 radical (unpaired) electrons. The van der Waals surface area contributed by atoms with Gasteiger partial charge in [-0.15, -0.1) is 0 Å². The largest absolute Gasteiger partial charge is 0.486 e. The molecule has 1 aliphatic rings. The SMILES string of the molecule is Cc1ccc(Cn2c(C)c(C(=O)NCc3ccc4c(c3)OCCO4)sc2=O)cc1. The Labute approximate surface area is 172 Å². The number of nitrogens with zero attached hydrogens (tertiary/aromatic N) is 1. The fourth-order valence-electron chi connectivity index (χ4n) is 3.21. The molecule has 2 heterocycles. The van der Waals surface area contributed by atoms with E-state index in [1.807, 2.05) is 56.3 Å². The molecule has 0 saturated carbocycles. The minimum absolute atomic E-state index is 0.132. The maximum atomic E-state index is 12.7. The first-order valence-corrected chi connectivity index (χ1v) is 10.3. The summed E-state index contributed by atoms with van der Waals surface area (Å²) < 4.78 is 12.7. The zero-order chi connectivity index (χ0) is 20.4. The van der Waals surface area contributed by atoms with Crippen LogP contribution < -0.4 is 19.7 Å². The number of aromatic nitrogens is 1. The van der Waals surface area contributed by atoms with Crippen LogP contribution in [-0.4, -0.2) is 23.7 Å². The number of aryl methyl sites for hydroxylation is 1. The maximum absolute atomic E-state index is 12.7. The van der Waals surface area contributed by atoms with E-state index < -0.39 is 0 Å². The molecule has 7 heteroatoms. The van der Waals surface area contributed by atoms with E-state index in [4.69, 9.17) is 9.47 Å². The van der Waals surface area contributed by atoms with Gasteiger partial charge in [0.05, 0.1) is 6.54 Å². The second kappa shape index (κ2) is 8.13. The quantitative estimate of drug-likeness (QED) is 0.701. The number of carbonyl (C=O) groups excluding carboxylic acids is 1. The van der Waals surface area contributed by atoms with E-state index in [1.54, 1.807) is 4.57 Å². The van der Waals surface area contributed by atoms with Gasteiger partial charge in [0.1, 0.15) is 18.1 Å². The highest BCUT2D eigenvalue weighted by atomic mass is 32.1. The van der Waals surface area contributed by atoms with Crippen LogP contribution in [0.25, 0.3) is 0 Å². The molecule has 1 N–H and O–H groups in total. The van der Waals surface area contributed by atoms with Crippen molar-refractivity contribution in [1.29, 1.82) is 0 Å². The number of thiazole rings is 1. The van der Waals surface area contributed by atoms with Crippen molar-refractivity contribution in [1.82, 2.24) is 9.88 Å². The van der Waals surface area contributed by atoms with Crippen molar-refractivity contribution < 1.29 is 14.3 Å². The van der Waals surface area contributed by atoms with Gasteiger partial charge >= 0.3 is 4.87 Å². The molecule has 1 aliphatic heterocycles. The molecule has 0 bridgehead atoms. The summed E-state index contributed by atoms with van der Waals surface area (Å²) in [6.45, 7) is 5.70. The van der Waals surface area contributed by atoms with Crippen LogP contribution in [0, 0.1) is 13.8 Å². The van der Waals surface area contributed by atoms with Gasteiger partial charge in [0.15, 0.2) is 11.5 Å². The summed E-state index contributed by atoms with van der Waals surface area (Å²) in [4.78, 5) is 25.4. The smallest absolute Gasteiger partial charge is 0.308 e. The topological polar surface area (TPSA) is 69.6 Å². The highest BCUT2D eigenvalue weighted by Gasteiger charge is 2.18. The molecule has 1 amide bonds. The number of rotatable bonds is 5. The summed E-state index contributed by atoms with van der Waals surface area (Å²) in [7, 11) is 0. The third kappa shape index (κ3) is 4.19. The molecule has 0 saturated heterocycles. The Morgan fingerprint density at radius 2 is 1.72 bits per heavy atom. The monoisotopic (exact) mass is 410 g/mol. The van der Waals surface area contributed by atoms with Crippen LogP contribution in [0.2, 0.25) is 0 Å². The number of carbonyl (C=O) groups is 1. The molecule has 2 aromatic carbocycles. The third-order valence-electron chi connectivity index (χ3n) is 4.87.